The van der Waals surface area contributed by atoms with Crippen molar-refractivity contribution in [1.29, 1.82) is 0 Å². The molecule has 1 N–H and O–H groups in total. The molecule has 1 fully saturated rings. The summed E-state index contributed by atoms with van der Waals surface area (Å²) >= 11 is 6.26. The first-order valence-corrected chi connectivity index (χ1v) is 10.4. The monoisotopic (exact) mass is 452 g/mol. The Morgan fingerprint density at radius 2 is 2.22 bits per heavy atom. The Labute approximate surface area is 188 Å². The lowest BCUT2D eigenvalue weighted by Gasteiger charge is -2.37. The van der Waals surface area contributed by atoms with Crippen molar-refractivity contribution >= 4 is 28.8 Å². The predicted octanol–water partition coefficient (Wildman–Crippen LogP) is 3.54. The van der Waals surface area contributed by atoms with Crippen LogP contribution in [0, 0.1) is 5.41 Å². The summed E-state index contributed by atoms with van der Waals surface area (Å²) in [6, 6.07) is 7.04. The summed E-state index contributed by atoms with van der Waals surface area (Å²) in [4.78, 5) is 17.4. The van der Waals surface area contributed by atoms with Crippen LogP contribution in [-0.2, 0) is 11.3 Å². The molecule has 10 heteroatoms. The molecule has 3 aromatic heterocycles. The van der Waals surface area contributed by atoms with Crippen LogP contribution in [0.5, 0.6) is 5.75 Å². The van der Waals surface area contributed by atoms with Gasteiger partial charge in [0.15, 0.2) is 5.65 Å². The van der Waals surface area contributed by atoms with Gasteiger partial charge < -0.3 is 14.8 Å². The summed E-state index contributed by atoms with van der Waals surface area (Å²) in [5.41, 5.74) is 2.61. The smallest absolute Gasteiger partial charge is 0.261 e. The summed E-state index contributed by atoms with van der Waals surface area (Å²) in [5.74, 6) is 0.268. The number of carbonyl (C=O) groups excluding carboxylic acids is 1. The van der Waals surface area contributed by atoms with Crippen molar-refractivity contribution < 1.29 is 14.3 Å². The molecule has 32 heavy (non-hydrogen) atoms. The van der Waals surface area contributed by atoms with Gasteiger partial charge in [-0.2, -0.15) is 10.2 Å². The number of ether oxygens (including phenoxy) is 2. The van der Waals surface area contributed by atoms with E-state index in [2.05, 4.69) is 22.3 Å². The second-order valence-electron chi connectivity index (χ2n) is 8.14. The third kappa shape index (κ3) is 3.69. The molecular formula is C22H21ClN6O3. The number of halogens is 1. The van der Waals surface area contributed by atoms with E-state index in [1.807, 2.05) is 10.9 Å². The van der Waals surface area contributed by atoms with Gasteiger partial charge in [-0.05, 0) is 24.3 Å². The second-order valence-corrected chi connectivity index (χ2v) is 8.57. The number of amides is 1. The van der Waals surface area contributed by atoms with Crippen LogP contribution in [0.3, 0.4) is 0 Å². The van der Waals surface area contributed by atoms with Gasteiger partial charge >= 0.3 is 0 Å². The molecule has 1 amide bonds. The maximum atomic E-state index is 13.1. The molecule has 9 nitrogen and oxygen atoms in total. The summed E-state index contributed by atoms with van der Waals surface area (Å²) in [6.45, 7) is 4.12. The number of nitrogens with zero attached hydrogens (tertiary/aromatic N) is 5. The maximum absolute atomic E-state index is 13.1. The average molecular weight is 453 g/mol. The molecule has 1 saturated heterocycles. The molecule has 4 heterocycles. The van der Waals surface area contributed by atoms with Crippen LogP contribution >= 0.6 is 11.6 Å². The fourth-order valence-electron chi connectivity index (χ4n) is 3.77. The number of carbonyl (C=O) groups is 1. The first-order valence-electron chi connectivity index (χ1n) is 10.0. The molecule has 0 bridgehead atoms. The van der Waals surface area contributed by atoms with Crippen LogP contribution in [0.2, 0.25) is 5.02 Å². The highest BCUT2D eigenvalue weighted by atomic mass is 35.5. The molecule has 1 aliphatic rings. The highest BCUT2D eigenvalue weighted by Gasteiger charge is 2.34. The number of hydrogen-bond acceptors (Lipinski definition) is 6. The standard InChI is InChI=1S/C22H21ClN6O3/c1-22(12-32-13-22)11-28-10-17(19(27-28)15-8-14(23)4-5-18(15)31-2)26-21(30)16-9-25-29-7-3-6-24-20(16)29/h3-10H,11-13H2,1-2H3,(H,26,30). The minimum Gasteiger partial charge on any atom is -0.496 e. The SMILES string of the molecule is COc1ccc(Cl)cc1-c1nn(CC2(C)COC2)cc1NC(=O)c1cnn2cccnc12. The van der Waals surface area contributed by atoms with Gasteiger partial charge in [0, 0.05) is 34.6 Å². The van der Waals surface area contributed by atoms with Gasteiger partial charge in [0.05, 0.1) is 38.8 Å². The predicted molar refractivity (Wildman–Crippen MR) is 119 cm³/mol. The van der Waals surface area contributed by atoms with Crippen LogP contribution in [-0.4, -0.2) is 50.6 Å². The van der Waals surface area contributed by atoms with E-state index in [9.17, 15) is 4.79 Å². The molecule has 5 rings (SSSR count). The van der Waals surface area contributed by atoms with Crippen molar-refractivity contribution in [2.24, 2.45) is 5.41 Å². The van der Waals surface area contributed by atoms with Crippen molar-refractivity contribution in [3.8, 4) is 17.0 Å². The lowest BCUT2D eigenvalue weighted by Crippen LogP contribution is -2.43. The summed E-state index contributed by atoms with van der Waals surface area (Å²) in [6.07, 6.45) is 6.67. The Hall–Kier alpha value is -3.43. The quantitative estimate of drug-likeness (QED) is 0.480. The van der Waals surface area contributed by atoms with Crippen molar-refractivity contribution in [3.63, 3.8) is 0 Å². The van der Waals surface area contributed by atoms with Crippen molar-refractivity contribution in [1.82, 2.24) is 24.4 Å². The topological polar surface area (TPSA) is 95.6 Å². The number of hydrogen-bond donors (Lipinski definition) is 1. The Kier molecular flexibility index (Phi) is 5.07. The number of nitrogens with one attached hydrogen (secondary N) is 1. The minimum absolute atomic E-state index is 0.00461. The summed E-state index contributed by atoms with van der Waals surface area (Å²) in [7, 11) is 1.58. The first-order chi connectivity index (χ1) is 15.5. The molecule has 0 spiro atoms. The van der Waals surface area contributed by atoms with Crippen LogP contribution in [0.1, 0.15) is 17.3 Å². The normalized spacial score (nSPS) is 14.8. The lowest BCUT2D eigenvalue weighted by atomic mass is 9.89. The summed E-state index contributed by atoms with van der Waals surface area (Å²) < 4.78 is 14.3. The fraction of sp³-hybridized carbons (Fsp3) is 0.273. The van der Waals surface area contributed by atoms with E-state index in [1.54, 1.807) is 48.3 Å². The number of rotatable bonds is 6. The lowest BCUT2D eigenvalue weighted by molar-refractivity contribution is -0.111. The molecule has 1 aromatic carbocycles. The van der Waals surface area contributed by atoms with Gasteiger partial charge in [-0.25, -0.2) is 9.50 Å². The third-order valence-corrected chi connectivity index (χ3v) is 5.63. The van der Waals surface area contributed by atoms with E-state index >= 15 is 0 Å². The number of aromatic nitrogens is 5. The van der Waals surface area contributed by atoms with Gasteiger partial charge in [0.1, 0.15) is 17.0 Å². The largest absolute Gasteiger partial charge is 0.496 e. The Morgan fingerprint density at radius 3 is 2.97 bits per heavy atom. The highest BCUT2D eigenvalue weighted by Crippen LogP contribution is 2.37. The molecule has 164 valence electrons. The zero-order chi connectivity index (χ0) is 22.3. The number of methoxy groups -OCH3 is 1. The molecule has 0 atom stereocenters. The molecule has 0 saturated carbocycles. The van der Waals surface area contributed by atoms with Crippen LogP contribution in [0.25, 0.3) is 16.9 Å². The fourth-order valence-corrected chi connectivity index (χ4v) is 3.94. The molecular weight excluding hydrogens is 432 g/mol. The van der Waals surface area contributed by atoms with E-state index in [-0.39, 0.29) is 11.3 Å². The van der Waals surface area contributed by atoms with Crippen molar-refractivity contribution in [2.75, 3.05) is 25.6 Å². The van der Waals surface area contributed by atoms with Gasteiger partial charge in [-0.1, -0.05) is 18.5 Å². The molecule has 1 aliphatic heterocycles. The average Bonchev–Trinajstić information content (AvgIpc) is 3.36. The third-order valence-electron chi connectivity index (χ3n) is 5.40. The molecule has 0 unspecified atom stereocenters. The van der Waals surface area contributed by atoms with Gasteiger partial charge in [0.2, 0.25) is 0 Å². The molecule has 0 aliphatic carbocycles. The van der Waals surface area contributed by atoms with E-state index in [0.29, 0.717) is 58.7 Å². The maximum Gasteiger partial charge on any atom is 0.261 e. The van der Waals surface area contributed by atoms with Crippen molar-refractivity contribution in [2.45, 2.75) is 13.5 Å². The number of benzene rings is 1. The van der Waals surface area contributed by atoms with E-state index in [1.165, 1.54) is 6.20 Å². The zero-order valence-corrected chi connectivity index (χ0v) is 18.3. The van der Waals surface area contributed by atoms with Crippen LogP contribution < -0.4 is 10.1 Å². The Balaban J connectivity index is 1.55. The number of fused-ring (bicyclic) bond motifs is 1. The molecule has 4 aromatic rings. The van der Waals surface area contributed by atoms with Crippen LogP contribution in [0.4, 0.5) is 5.69 Å². The van der Waals surface area contributed by atoms with Gasteiger partial charge in [0.25, 0.3) is 5.91 Å². The van der Waals surface area contributed by atoms with E-state index in [0.717, 1.165) is 0 Å². The van der Waals surface area contributed by atoms with E-state index in [4.69, 9.17) is 26.2 Å². The van der Waals surface area contributed by atoms with Gasteiger partial charge in [-0.15, -0.1) is 0 Å². The van der Waals surface area contributed by atoms with E-state index < -0.39 is 0 Å². The first kappa shape index (κ1) is 20.5. The molecule has 0 radical (unpaired) electrons. The Morgan fingerprint density at radius 1 is 1.38 bits per heavy atom. The highest BCUT2D eigenvalue weighted by molar-refractivity contribution is 6.31. The zero-order valence-electron chi connectivity index (χ0n) is 17.6. The Bertz CT molecular complexity index is 1310. The van der Waals surface area contributed by atoms with Gasteiger partial charge in [-0.3, -0.25) is 9.48 Å². The summed E-state index contributed by atoms with van der Waals surface area (Å²) in [5, 5.41) is 12.5. The van der Waals surface area contributed by atoms with Crippen molar-refractivity contribution in [3.05, 3.63) is 59.6 Å². The second kappa shape index (κ2) is 7.92. The number of anilines is 1. The minimum atomic E-state index is -0.335. The van der Waals surface area contributed by atoms with Crippen LogP contribution in [0.15, 0.2) is 49.1 Å².